The minimum Gasteiger partial charge on any atom is -0.394 e. The van der Waals surface area contributed by atoms with Gasteiger partial charge in [-0.1, -0.05) is 20.8 Å². The summed E-state index contributed by atoms with van der Waals surface area (Å²) in [6.07, 6.45) is 3.11. The van der Waals surface area contributed by atoms with Crippen LogP contribution in [0.1, 0.15) is 20.8 Å². The monoisotopic (exact) mass is 194 g/mol. The molecule has 0 aliphatic heterocycles. The van der Waals surface area contributed by atoms with Crippen molar-refractivity contribution in [3.05, 3.63) is 12.5 Å². The van der Waals surface area contributed by atoms with Crippen LogP contribution in [0.3, 0.4) is 0 Å². The topological polar surface area (TPSA) is 63.8 Å². The zero-order valence-corrected chi connectivity index (χ0v) is 8.99. The lowest BCUT2D eigenvalue weighted by Crippen LogP contribution is -2.17. The maximum Gasteiger partial charge on any atom is 0.152 e. The van der Waals surface area contributed by atoms with Crippen molar-refractivity contribution in [1.82, 2.24) is 9.97 Å². The highest BCUT2D eigenvalue weighted by molar-refractivity contribution is 5.58. The van der Waals surface area contributed by atoms with Crippen LogP contribution in [0.5, 0.6) is 0 Å². The molecule has 0 amide bonds. The fraction of sp³-hybridized carbons (Fsp3) is 0.600. The molecule has 0 saturated heterocycles. The molecule has 4 nitrogen and oxygen atoms in total. The van der Waals surface area contributed by atoms with Crippen LogP contribution >= 0.6 is 0 Å². The maximum atomic E-state index is 5.70. The minimum absolute atomic E-state index is 0.600. The van der Waals surface area contributed by atoms with Crippen molar-refractivity contribution in [2.45, 2.75) is 20.8 Å². The Bertz CT molecular complexity index is 285. The first kappa shape index (κ1) is 10.8. The van der Waals surface area contributed by atoms with Crippen molar-refractivity contribution in [3.63, 3.8) is 0 Å². The second kappa shape index (κ2) is 4.79. The lowest BCUT2D eigenvalue weighted by molar-refractivity contribution is 0.439. The van der Waals surface area contributed by atoms with Crippen molar-refractivity contribution in [2.24, 2.45) is 11.8 Å². The van der Waals surface area contributed by atoms with Gasteiger partial charge in [0, 0.05) is 6.54 Å². The molecule has 0 aliphatic rings. The Labute approximate surface area is 85.0 Å². The fourth-order valence-corrected chi connectivity index (χ4v) is 0.981. The van der Waals surface area contributed by atoms with E-state index in [0.29, 0.717) is 17.5 Å². The summed E-state index contributed by atoms with van der Waals surface area (Å²) in [6.45, 7) is 7.50. The first-order chi connectivity index (χ1) is 6.61. The molecule has 4 heteroatoms. The van der Waals surface area contributed by atoms with E-state index in [1.54, 1.807) is 6.20 Å². The largest absolute Gasteiger partial charge is 0.394 e. The Kier molecular flexibility index (Phi) is 3.68. The Morgan fingerprint density at radius 1 is 1.43 bits per heavy atom. The van der Waals surface area contributed by atoms with E-state index in [1.165, 1.54) is 6.33 Å². The van der Waals surface area contributed by atoms with E-state index >= 15 is 0 Å². The molecule has 1 rings (SSSR count). The van der Waals surface area contributed by atoms with Crippen LogP contribution in [0.25, 0.3) is 0 Å². The lowest BCUT2D eigenvalue weighted by Gasteiger charge is -2.16. The van der Waals surface area contributed by atoms with E-state index in [1.807, 2.05) is 0 Å². The number of rotatable bonds is 4. The molecule has 1 aromatic rings. The fourth-order valence-electron chi connectivity index (χ4n) is 0.981. The Morgan fingerprint density at radius 2 is 2.14 bits per heavy atom. The average molecular weight is 194 g/mol. The van der Waals surface area contributed by atoms with Crippen LogP contribution in [-0.4, -0.2) is 16.5 Å². The molecule has 1 heterocycles. The molecule has 0 bridgehead atoms. The zero-order valence-electron chi connectivity index (χ0n) is 8.99. The summed E-state index contributed by atoms with van der Waals surface area (Å²) >= 11 is 0. The molecule has 1 unspecified atom stereocenters. The minimum atomic E-state index is 0.600. The van der Waals surface area contributed by atoms with Crippen molar-refractivity contribution >= 4 is 11.5 Å². The predicted molar refractivity (Wildman–Crippen MR) is 58.9 cm³/mol. The summed E-state index contributed by atoms with van der Waals surface area (Å²) in [4.78, 5) is 7.89. The first-order valence-electron chi connectivity index (χ1n) is 4.90. The molecule has 0 aromatic carbocycles. The molecule has 1 aromatic heterocycles. The second-order valence-electron chi connectivity index (χ2n) is 3.93. The number of nitrogens with one attached hydrogen (secondary N) is 1. The summed E-state index contributed by atoms with van der Waals surface area (Å²) in [7, 11) is 0. The van der Waals surface area contributed by atoms with Gasteiger partial charge in [-0.25, -0.2) is 9.97 Å². The molecule has 78 valence electrons. The van der Waals surface area contributed by atoms with Gasteiger partial charge in [-0.15, -0.1) is 0 Å². The van der Waals surface area contributed by atoms with E-state index in [-0.39, 0.29) is 0 Å². The normalized spacial score (nSPS) is 12.9. The molecular weight excluding hydrogens is 176 g/mol. The highest BCUT2D eigenvalue weighted by Crippen LogP contribution is 2.14. The van der Waals surface area contributed by atoms with Crippen LogP contribution in [0, 0.1) is 11.8 Å². The van der Waals surface area contributed by atoms with Gasteiger partial charge in [-0.3, -0.25) is 0 Å². The third-order valence-corrected chi connectivity index (χ3v) is 2.47. The Morgan fingerprint density at radius 3 is 2.71 bits per heavy atom. The summed E-state index contributed by atoms with van der Waals surface area (Å²) < 4.78 is 0. The molecule has 0 radical (unpaired) electrons. The van der Waals surface area contributed by atoms with E-state index in [4.69, 9.17) is 5.73 Å². The number of aromatic nitrogens is 2. The number of nitrogens with zero attached hydrogens (tertiary/aromatic N) is 2. The van der Waals surface area contributed by atoms with Gasteiger partial charge < -0.3 is 11.1 Å². The van der Waals surface area contributed by atoms with Crippen LogP contribution in [0.4, 0.5) is 11.5 Å². The number of hydrogen-bond donors (Lipinski definition) is 2. The van der Waals surface area contributed by atoms with Crippen molar-refractivity contribution < 1.29 is 0 Å². The van der Waals surface area contributed by atoms with Crippen molar-refractivity contribution in [3.8, 4) is 0 Å². The maximum absolute atomic E-state index is 5.70. The molecule has 14 heavy (non-hydrogen) atoms. The quantitative estimate of drug-likeness (QED) is 0.766. The smallest absolute Gasteiger partial charge is 0.152 e. The Hall–Kier alpha value is -1.32. The lowest BCUT2D eigenvalue weighted by atomic mass is 9.98. The highest BCUT2D eigenvalue weighted by atomic mass is 15.0. The molecule has 0 aliphatic carbocycles. The standard InChI is InChI=1S/C10H18N4/c1-7(2)8(3)4-13-10-9(11)5-12-6-14-10/h5-8H,4,11H2,1-3H3,(H,12,13,14). The second-order valence-corrected chi connectivity index (χ2v) is 3.93. The van der Waals surface area contributed by atoms with Crippen LogP contribution < -0.4 is 11.1 Å². The van der Waals surface area contributed by atoms with Crippen LogP contribution in [0.15, 0.2) is 12.5 Å². The molecule has 0 fully saturated rings. The first-order valence-corrected chi connectivity index (χ1v) is 4.90. The van der Waals surface area contributed by atoms with Gasteiger partial charge in [0.15, 0.2) is 5.82 Å². The van der Waals surface area contributed by atoms with Gasteiger partial charge in [0.2, 0.25) is 0 Å². The van der Waals surface area contributed by atoms with E-state index in [0.717, 1.165) is 12.4 Å². The number of nitrogen functional groups attached to an aromatic ring is 1. The van der Waals surface area contributed by atoms with E-state index in [2.05, 4.69) is 36.1 Å². The third kappa shape index (κ3) is 2.87. The number of hydrogen-bond acceptors (Lipinski definition) is 4. The van der Waals surface area contributed by atoms with Crippen LogP contribution in [0.2, 0.25) is 0 Å². The summed E-state index contributed by atoms with van der Waals surface area (Å²) in [5.41, 5.74) is 6.30. The molecular formula is C10H18N4. The third-order valence-electron chi connectivity index (χ3n) is 2.47. The SMILES string of the molecule is CC(C)C(C)CNc1ncncc1N. The van der Waals surface area contributed by atoms with Gasteiger partial charge in [0.25, 0.3) is 0 Å². The van der Waals surface area contributed by atoms with Crippen molar-refractivity contribution in [1.29, 1.82) is 0 Å². The van der Waals surface area contributed by atoms with E-state index in [9.17, 15) is 0 Å². The highest BCUT2D eigenvalue weighted by Gasteiger charge is 2.07. The summed E-state index contributed by atoms with van der Waals surface area (Å²) in [6, 6.07) is 0. The van der Waals surface area contributed by atoms with Gasteiger partial charge in [0.1, 0.15) is 6.33 Å². The van der Waals surface area contributed by atoms with Crippen molar-refractivity contribution in [2.75, 3.05) is 17.6 Å². The summed E-state index contributed by atoms with van der Waals surface area (Å²) in [5, 5.41) is 3.22. The number of anilines is 2. The molecule has 0 saturated carbocycles. The molecule has 3 N–H and O–H groups in total. The molecule has 1 atom stereocenters. The Balaban J connectivity index is 2.50. The number of nitrogens with two attached hydrogens (primary N) is 1. The predicted octanol–water partition coefficient (Wildman–Crippen LogP) is 1.76. The zero-order chi connectivity index (χ0) is 10.6. The molecule has 0 spiro atoms. The van der Waals surface area contributed by atoms with E-state index < -0.39 is 0 Å². The average Bonchev–Trinajstić information content (AvgIpc) is 2.16. The van der Waals surface area contributed by atoms with Crippen LogP contribution in [-0.2, 0) is 0 Å². The summed E-state index contributed by atoms with van der Waals surface area (Å²) in [5.74, 6) is 1.99. The van der Waals surface area contributed by atoms with Gasteiger partial charge >= 0.3 is 0 Å². The van der Waals surface area contributed by atoms with Gasteiger partial charge in [-0.05, 0) is 11.8 Å². The van der Waals surface area contributed by atoms with Gasteiger partial charge in [-0.2, -0.15) is 0 Å². The van der Waals surface area contributed by atoms with Gasteiger partial charge in [0.05, 0.1) is 11.9 Å².